The lowest BCUT2D eigenvalue weighted by atomic mass is 10.2. The van der Waals surface area contributed by atoms with Crippen molar-refractivity contribution in [1.29, 1.82) is 0 Å². The molecule has 3 rings (SSSR count). The van der Waals surface area contributed by atoms with E-state index in [2.05, 4.69) is 26.1 Å². The summed E-state index contributed by atoms with van der Waals surface area (Å²) in [6, 6.07) is 15.5. The van der Waals surface area contributed by atoms with Crippen LogP contribution in [-0.2, 0) is 0 Å². The van der Waals surface area contributed by atoms with Gasteiger partial charge in [-0.15, -0.1) is 0 Å². The van der Waals surface area contributed by atoms with Gasteiger partial charge in [-0.1, -0.05) is 35.9 Å². The highest BCUT2D eigenvalue weighted by Gasteiger charge is 2.14. The molecule has 0 bridgehead atoms. The van der Waals surface area contributed by atoms with Gasteiger partial charge in [0, 0.05) is 15.7 Å². The number of hydrogen-bond donors (Lipinski definition) is 1. The van der Waals surface area contributed by atoms with Crippen molar-refractivity contribution in [2.45, 2.75) is 0 Å². The molecule has 1 heterocycles. The van der Waals surface area contributed by atoms with E-state index in [1.807, 2.05) is 53.1 Å². The SMILES string of the molecule is S=c1[nH]nc(-c2cccc(Br)c2Cl)n1-c1ccccc1. The number of aromatic amines is 1. The van der Waals surface area contributed by atoms with Crippen molar-refractivity contribution < 1.29 is 0 Å². The van der Waals surface area contributed by atoms with Crippen LogP contribution in [0.1, 0.15) is 0 Å². The number of aromatic nitrogens is 3. The topological polar surface area (TPSA) is 33.6 Å². The van der Waals surface area contributed by atoms with Crippen LogP contribution in [0.4, 0.5) is 0 Å². The van der Waals surface area contributed by atoms with E-state index in [1.165, 1.54) is 0 Å². The van der Waals surface area contributed by atoms with Crippen molar-refractivity contribution in [2.75, 3.05) is 0 Å². The van der Waals surface area contributed by atoms with Crippen LogP contribution in [0.15, 0.2) is 53.0 Å². The Bertz CT molecular complexity index is 811. The highest BCUT2D eigenvalue weighted by Crippen LogP contribution is 2.33. The van der Waals surface area contributed by atoms with Gasteiger partial charge in [-0.25, -0.2) is 0 Å². The maximum absolute atomic E-state index is 6.35. The van der Waals surface area contributed by atoms with Gasteiger partial charge in [0.05, 0.1) is 5.02 Å². The first-order valence-electron chi connectivity index (χ1n) is 5.85. The molecule has 0 aliphatic carbocycles. The Labute approximate surface area is 134 Å². The molecule has 1 N–H and O–H groups in total. The highest BCUT2D eigenvalue weighted by atomic mass is 79.9. The summed E-state index contributed by atoms with van der Waals surface area (Å²) in [6.07, 6.45) is 0. The van der Waals surface area contributed by atoms with Gasteiger partial charge in [-0.05, 0) is 52.4 Å². The zero-order valence-electron chi connectivity index (χ0n) is 10.2. The van der Waals surface area contributed by atoms with E-state index in [0.29, 0.717) is 15.6 Å². The molecule has 0 spiro atoms. The van der Waals surface area contributed by atoms with E-state index in [1.54, 1.807) is 0 Å². The third-order valence-corrected chi connectivity index (χ3v) is 4.45. The lowest BCUT2D eigenvalue weighted by molar-refractivity contribution is 1.04. The number of benzene rings is 2. The highest BCUT2D eigenvalue weighted by molar-refractivity contribution is 9.10. The Kier molecular flexibility index (Phi) is 3.74. The number of para-hydroxylation sites is 1. The van der Waals surface area contributed by atoms with E-state index in [9.17, 15) is 0 Å². The first-order chi connectivity index (χ1) is 9.68. The number of nitrogens with zero attached hydrogens (tertiary/aromatic N) is 2. The molecule has 0 amide bonds. The monoisotopic (exact) mass is 365 g/mol. The minimum Gasteiger partial charge on any atom is -0.268 e. The lowest BCUT2D eigenvalue weighted by Gasteiger charge is -2.08. The van der Waals surface area contributed by atoms with E-state index in [4.69, 9.17) is 23.8 Å². The van der Waals surface area contributed by atoms with Crippen LogP contribution in [-0.4, -0.2) is 14.8 Å². The standard InChI is InChI=1S/C14H9BrClN3S/c15-11-8-4-7-10(12(11)16)13-17-18-14(20)19(13)9-5-2-1-3-6-9/h1-8H,(H,18,20). The van der Waals surface area contributed by atoms with Crippen molar-refractivity contribution >= 4 is 39.7 Å². The first kappa shape index (κ1) is 13.5. The van der Waals surface area contributed by atoms with Gasteiger partial charge < -0.3 is 0 Å². The fourth-order valence-corrected chi connectivity index (χ4v) is 2.78. The van der Waals surface area contributed by atoms with Gasteiger partial charge in [0.25, 0.3) is 0 Å². The van der Waals surface area contributed by atoms with Crippen LogP contribution in [0, 0.1) is 4.77 Å². The number of H-pyrrole nitrogens is 1. The normalized spacial score (nSPS) is 10.7. The van der Waals surface area contributed by atoms with Crippen LogP contribution >= 0.6 is 39.7 Å². The van der Waals surface area contributed by atoms with Crippen LogP contribution in [0.25, 0.3) is 17.1 Å². The smallest absolute Gasteiger partial charge is 0.200 e. The second-order valence-electron chi connectivity index (χ2n) is 4.12. The van der Waals surface area contributed by atoms with Gasteiger partial charge in [-0.3, -0.25) is 9.67 Å². The molecule has 2 aromatic carbocycles. The molecule has 0 atom stereocenters. The van der Waals surface area contributed by atoms with Crippen molar-refractivity contribution in [3.05, 3.63) is 62.8 Å². The minimum absolute atomic E-state index is 0.530. The summed E-state index contributed by atoms with van der Waals surface area (Å²) in [5.74, 6) is 0.688. The summed E-state index contributed by atoms with van der Waals surface area (Å²) in [5.41, 5.74) is 1.76. The van der Waals surface area contributed by atoms with E-state index in [0.717, 1.165) is 15.7 Å². The Hall–Kier alpha value is -1.43. The third kappa shape index (κ3) is 2.32. The predicted octanol–water partition coefficient (Wildman–Crippen LogP) is 5.01. The fraction of sp³-hybridized carbons (Fsp3) is 0. The van der Waals surface area contributed by atoms with Crippen molar-refractivity contribution in [3.8, 4) is 17.1 Å². The van der Waals surface area contributed by atoms with E-state index >= 15 is 0 Å². The van der Waals surface area contributed by atoms with Gasteiger partial charge >= 0.3 is 0 Å². The maximum Gasteiger partial charge on any atom is 0.200 e. The third-order valence-electron chi connectivity index (χ3n) is 2.88. The summed E-state index contributed by atoms with van der Waals surface area (Å²) < 4.78 is 3.22. The van der Waals surface area contributed by atoms with Gasteiger partial charge in [-0.2, -0.15) is 5.10 Å². The fourth-order valence-electron chi connectivity index (χ4n) is 1.97. The van der Waals surface area contributed by atoms with Crippen LogP contribution in [0.3, 0.4) is 0 Å². The number of nitrogens with one attached hydrogen (secondary N) is 1. The Balaban J connectivity index is 2.27. The van der Waals surface area contributed by atoms with Crippen molar-refractivity contribution in [3.63, 3.8) is 0 Å². The van der Waals surface area contributed by atoms with Crippen LogP contribution in [0.2, 0.25) is 5.02 Å². The number of halogens is 2. The largest absolute Gasteiger partial charge is 0.268 e. The maximum atomic E-state index is 6.35. The molecule has 0 fully saturated rings. The van der Waals surface area contributed by atoms with Gasteiger partial charge in [0.1, 0.15) is 0 Å². The molecule has 20 heavy (non-hydrogen) atoms. The van der Waals surface area contributed by atoms with E-state index < -0.39 is 0 Å². The first-order valence-corrected chi connectivity index (χ1v) is 7.43. The minimum atomic E-state index is 0.530. The zero-order chi connectivity index (χ0) is 14.1. The Morgan fingerprint density at radius 3 is 2.60 bits per heavy atom. The summed E-state index contributed by atoms with van der Waals surface area (Å²) in [6.45, 7) is 0. The molecule has 6 heteroatoms. The molecule has 100 valence electrons. The summed E-state index contributed by atoms with van der Waals surface area (Å²) in [7, 11) is 0. The summed E-state index contributed by atoms with van der Waals surface area (Å²) >= 11 is 15.1. The quantitative estimate of drug-likeness (QED) is 0.647. The summed E-state index contributed by atoms with van der Waals surface area (Å²) in [5, 5.41) is 7.74. The van der Waals surface area contributed by atoms with Crippen LogP contribution in [0.5, 0.6) is 0 Å². The molecule has 0 unspecified atom stereocenters. The van der Waals surface area contributed by atoms with Gasteiger partial charge in [0.15, 0.2) is 10.6 Å². The van der Waals surface area contributed by atoms with Crippen LogP contribution < -0.4 is 0 Å². The molecular weight excluding hydrogens is 358 g/mol. The molecular formula is C14H9BrClN3S. The number of hydrogen-bond acceptors (Lipinski definition) is 2. The Morgan fingerprint density at radius 2 is 1.85 bits per heavy atom. The average Bonchev–Trinajstić information content (AvgIpc) is 2.84. The molecule has 3 aromatic rings. The molecule has 3 nitrogen and oxygen atoms in total. The predicted molar refractivity (Wildman–Crippen MR) is 86.9 cm³/mol. The second-order valence-corrected chi connectivity index (χ2v) is 5.74. The van der Waals surface area contributed by atoms with Crippen molar-refractivity contribution in [1.82, 2.24) is 14.8 Å². The zero-order valence-corrected chi connectivity index (χ0v) is 13.3. The molecule has 0 aliphatic rings. The molecule has 1 aromatic heterocycles. The summed E-state index contributed by atoms with van der Waals surface area (Å²) in [4.78, 5) is 0. The van der Waals surface area contributed by atoms with E-state index in [-0.39, 0.29) is 0 Å². The molecule has 0 aliphatic heterocycles. The molecule has 0 saturated carbocycles. The molecule has 0 saturated heterocycles. The Morgan fingerprint density at radius 1 is 1.10 bits per heavy atom. The lowest BCUT2D eigenvalue weighted by Crippen LogP contribution is -1.98. The van der Waals surface area contributed by atoms with Crippen molar-refractivity contribution in [2.24, 2.45) is 0 Å². The average molecular weight is 367 g/mol. The van der Waals surface area contributed by atoms with Gasteiger partial charge in [0.2, 0.25) is 0 Å². The number of rotatable bonds is 2. The second kappa shape index (κ2) is 5.52. The molecule has 0 radical (unpaired) electrons.